The topological polar surface area (TPSA) is 128 Å². The van der Waals surface area contributed by atoms with Crippen molar-refractivity contribution in [3.05, 3.63) is 41.6 Å². The molecule has 2 N–H and O–H groups in total. The molecule has 2 fully saturated rings. The van der Waals surface area contributed by atoms with Crippen molar-refractivity contribution in [1.82, 2.24) is 24.8 Å². The van der Waals surface area contributed by atoms with Gasteiger partial charge in [0.25, 0.3) is 5.91 Å². The molecule has 1 aliphatic heterocycles. The van der Waals surface area contributed by atoms with E-state index in [1.807, 2.05) is 11.5 Å². The van der Waals surface area contributed by atoms with Crippen LogP contribution in [0.1, 0.15) is 56.1 Å². The lowest BCUT2D eigenvalue weighted by Gasteiger charge is -2.36. The quantitative estimate of drug-likeness (QED) is 0.195. The average molecular weight is 670 g/mol. The Morgan fingerprint density at radius 3 is 2.55 bits per heavy atom. The molecule has 1 aromatic carbocycles. The highest BCUT2D eigenvalue weighted by Crippen LogP contribution is 2.38. The van der Waals surface area contributed by atoms with Crippen LogP contribution in [0.25, 0.3) is 22.3 Å². The highest BCUT2D eigenvalue weighted by atomic mass is 28.3. The minimum Gasteiger partial charge on any atom is -0.493 e. The van der Waals surface area contributed by atoms with Gasteiger partial charge in [-0.25, -0.2) is 19.2 Å². The zero-order valence-corrected chi connectivity index (χ0v) is 29.6. The summed E-state index contributed by atoms with van der Waals surface area (Å²) in [6.07, 6.45) is 2.43. The zero-order valence-electron chi connectivity index (χ0n) is 28.6. The van der Waals surface area contributed by atoms with E-state index >= 15 is 0 Å². The van der Waals surface area contributed by atoms with E-state index in [4.69, 9.17) is 14.2 Å². The van der Waals surface area contributed by atoms with Crippen LogP contribution in [0.3, 0.4) is 0 Å². The normalized spacial score (nSPS) is 18.8. The molecular formula is C34H48FN5O6Si. The molecule has 1 saturated heterocycles. The van der Waals surface area contributed by atoms with E-state index in [2.05, 4.69) is 34.9 Å². The number of aliphatic hydroxyl groups is 1. The molecule has 256 valence electrons. The van der Waals surface area contributed by atoms with Gasteiger partial charge in [0.15, 0.2) is 0 Å². The maximum absolute atomic E-state index is 14.7. The highest BCUT2D eigenvalue weighted by Gasteiger charge is 2.35. The van der Waals surface area contributed by atoms with Crippen molar-refractivity contribution in [3.8, 4) is 17.0 Å². The molecule has 3 heterocycles. The number of ether oxygens (including phenoxy) is 3. The molecule has 2 amide bonds. The Balaban J connectivity index is 1.47. The fourth-order valence-electron chi connectivity index (χ4n) is 5.59. The van der Waals surface area contributed by atoms with Crippen molar-refractivity contribution in [2.24, 2.45) is 5.92 Å². The first kappa shape index (κ1) is 34.8. The van der Waals surface area contributed by atoms with Crippen LogP contribution in [-0.2, 0) is 16.2 Å². The van der Waals surface area contributed by atoms with Gasteiger partial charge < -0.3 is 34.1 Å². The third-order valence-electron chi connectivity index (χ3n) is 8.46. The smallest absolute Gasteiger partial charge is 0.410 e. The predicted octanol–water partition coefficient (Wildman–Crippen LogP) is 5.75. The van der Waals surface area contributed by atoms with Crippen molar-refractivity contribution in [2.75, 3.05) is 26.3 Å². The minimum atomic E-state index is -1.36. The second-order valence-corrected chi connectivity index (χ2v) is 20.5. The number of aliphatic hydroxyl groups excluding tert-OH is 1. The number of hydrogen-bond donors (Lipinski definition) is 2. The number of aromatic nitrogens is 3. The number of β-amino-alcohol motifs (C(OH)–C–C–N with tert-alkyl or cyclic N) is 1. The summed E-state index contributed by atoms with van der Waals surface area (Å²) in [5, 5.41) is 13.9. The fraction of sp³-hybridized carbons (Fsp3) is 0.588. The SMILES string of the molecule is Cc1c(C(=O)N[C@@H]2CCN(C(=O)OC(C)(C)C)C[C@H]2O)c2ncnc(-c3cc(F)ccc3OCC3CC3)c2n1COCC[Si](C)(C)C. The fourth-order valence-corrected chi connectivity index (χ4v) is 6.35. The maximum atomic E-state index is 14.7. The number of piperidine rings is 1. The number of carbonyl (C=O) groups is 2. The number of nitrogens with zero attached hydrogens (tertiary/aromatic N) is 4. The molecule has 1 saturated carbocycles. The summed E-state index contributed by atoms with van der Waals surface area (Å²) in [7, 11) is -1.36. The Hall–Kier alpha value is -3.55. The summed E-state index contributed by atoms with van der Waals surface area (Å²) in [4.78, 5) is 37.2. The van der Waals surface area contributed by atoms with E-state index in [1.165, 1.54) is 23.4 Å². The second-order valence-electron chi connectivity index (χ2n) is 14.9. The minimum absolute atomic E-state index is 0.0288. The van der Waals surface area contributed by atoms with Crippen LogP contribution in [0.5, 0.6) is 5.75 Å². The van der Waals surface area contributed by atoms with Gasteiger partial charge in [-0.05, 0) is 77.1 Å². The Morgan fingerprint density at radius 2 is 1.89 bits per heavy atom. The Labute approximate surface area is 276 Å². The lowest BCUT2D eigenvalue weighted by Crippen LogP contribution is -2.56. The number of carbonyl (C=O) groups excluding carboxylic acids is 2. The van der Waals surface area contributed by atoms with Crippen LogP contribution in [-0.4, -0.2) is 88.7 Å². The average Bonchev–Trinajstić information content (AvgIpc) is 3.76. The molecule has 0 spiro atoms. The Bertz CT molecular complexity index is 1610. The zero-order chi connectivity index (χ0) is 34.1. The van der Waals surface area contributed by atoms with Gasteiger partial charge in [0.1, 0.15) is 41.4 Å². The first-order chi connectivity index (χ1) is 22.1. The lowest BCUT2D eigenvalue weighted by molar-refractivity contribution is -0.00408. The monoisotopic (exact) mass is 669 g/mol. The third kappa shape index (κ3) is 8.68. The summed E-state index contributed by atoms with van der Waals surface area (Å²) in [5.41, 5.74) is 2.08. The molecular weight excluding hydrogens is 621 g/mol. The van der Waals surface area contributed by atoms with Gasteiger partial charge in [0.2, 0.25) is 0 Å². The van der Waals surface area contributed by atoms with Gasteiger partial charge in [-0.3, -0.25) is 4.79 Å². The van der Waals surface area contributed by atoms with Crippen molar-refractivity contribution in [1.29, 1.82) is 0 Å². The number of hydrogen-bond acceptors (Lipinski definition) is 8. The third-order valence-corrected chi connectivity index (χ3v) is 10.2. The van der Waals surface area contributed by atoms with Crippen LogP contribution in [0.15, 0.2) is 24.5 Å². The van der Waals surface area contributed by atoms with Crippen LogP contribution < -0.4 is 10.1 Å². The van der Waals surface area contributed by atoms with E-state index in [0.29, 0.717) is 71.4 Å². The first-order valence-electron chi connectivity index (χ1n) is 16.4. The molecule has 1 aliphatic carbocycles. The van der Waals surface area contributed by atoms with Crippen molar-refractivity contribution < 1.29 is 33.3 Å². The van der Waals surface area contributed by atoms with Gasteiger partial charge in [0, 0.05) is 32.5 Å². The van der Waals surface area contributed by atoms with Gasteiger partial charge >= 0.3 is 6.09 Å². The number of amides is 2. The highest BCUT2D eigenvalue weighted by molar-refractivity contribution is 6.76. The Kier molecular flexibility index (Phi) is 10.3. The van der Waals surface area contributed by atoms with Crippen LogP contribution in [0.2, 0.25) is 25.7 Å². The molecule has 47 heavy (non-hydrogen) atoms. The van der Waals surface area contributed by atoms with E-state index < -0.39 is 43.6 Å². The van der Waals surface area contributed by atoms with Gasteiger partial charge in [-0.1, -0.05) is 19.6 Å². The first-order valence-corrected chi connectivity index (χ1v) is 20.1. The summed E-state index contributed by atoms with van der Waals surface area (Å²) < 4.78 is 34.3. The largest absolute Gasteiger partial charge is 0.493 e. The van der Waals surface area contributed by atoms with Crippen molar-refractivity contribution >= 4 is 31.1 Å². The lowest BCUT2D eigenvalue weighted by atomic mass is 10.0. The summed E-state index contributed by atoms with van der Waals surface area (Å²) >= 11 is 0. The van der Waals surface area contributed by atoms with Gasteiger partial charge in [0.05, 0.1) is 36.4 Å². The molecule has 0 radical (unpaired) electrons. The van der Waals surface area contributed by atoms with Crippen LogP contribution in [0.4, 0.5) is 9.18 Å². The number of likely N-dealkylation sites (tertiary alicyclic amines) is 1. The van der Waals surface area contributed by atoms with Crippen molar-refractivity contribution in [3.63, 3.8) is 0 Å². The summed E-state index contributed by atoms with van der Waals surface area (Å²) in [6, 6.07) is 4.75. The summed E-state index contributed by atoms with van der Waals surface area (Å²) in [5.74, 6) is 0.147. The number of halogens is 1. The molecule has 3 aromatic rings. The van der Waals surface area contributed by atoms with Crippen molar-refractivity contribution in [2.45, 2.75) is 97.1 Å². The molecule has 0 bridgehead atoms. The maximum Gasteiger partial charge on any atom is 0.410 e. The van der Waals surface area contributed by atoms with Crippen LogP contribution >= 0.6 is 0 Å². The molecule has 11 nitrogen and oxygen atoms in total. The standard InChI is InChI=1S/C34H48FN5O6Si/c1-21-28(32(42)38-25-12-13-39(17-26(25)41)33(43)46-34(2,3)4)30-31(40(21)20-44-14-15-47(5,6)7)29(36-19-37-30)24-16-23(35)10-11-27(24)45-18-22-8-9-22/h10-11,16,19,22,25-26,41H,8-9,12-15,17-18,20H2,1-7H3,(H,38,42)/t25-,26-/m1/s1. The number of nitrogens with one attached hydrogen (secondary N) is 1. The molecule has 2 atom stereocenters. The van der Waals surface area contributed by atoms with E-state index in [9.17, 15) is 19.1 Å². The van der Waals surface area contributed by atoms with Gasteiger partial charge in [-0.15, -0.1) is 0 Å². The second kappa shape index (κ2) is 13.9. The molecule has 13 heteroatoms. The molecule has 0 unspecified atom stereocenters. The summed E-state index contributed by atoms with van der Waals surface area (Å²) in [6.45, 7) is 15.6. The number of benzene rings is 1. The van der Waals surface area contributed by atoms with E-state index in [0.717, 1.165) is 18.9 Å². The van der Waals surface area contributed by atoms with E-state index in [1.54, 1.807) is 26.8 Å². The van der Waals surface area contributed by atoms with Crippen LogP contribution in [0, 0.1) is 18.7 Å². The van der Waals surface area contributed by atoms with E-state index in [-0.39, 0.29) is 13.3 Å². The Morgan fingerprint density at radius 1 is 1.15 bits per heavy atom. The molecule has 2 aliphatic rings. The van der Waals surface area contributed by atoms with Gasteiger partial charge in [-0.2, -0.15) is 0 Å². The predicted molar refractivity (Wildman–Crippen MR) is 180 cm³/mol. The molecule has 5 rings (SSSR count). The number of fused-ring (bicyclic) bond motifs is 1. The number of rotatable bonds is 11. The molecule has 2 aromatic heterocycles.